The molecule has 0 radical (unpaired) electrons. The van der Waals surface area contributed by atoms with Crippen LogP contribution < -0.4 is 0 Å². The minimum Gasteiger partial charge on any atom is -0.389 e. The molecular weight excluding hydrogens is 233 g/mol. The molecule has 0 amide bonds. The first-order valence-electron chi connectivity index (χ1n) is 4.67. The van der Waals surface area contributed by atoms with Gasteiger partial charge in [-0.3, -0.25) is 0 Å². The molecule has 0 aliphatic carbocycles. The third-order valence-electron chi connectivity index (χ3n) is 2.20. The van der Waals surface area contributed by atoms with Gasteiger partial charge in [0.15, 0.2) is 0 Å². The van der Waals surface area contributed by atoms with Gasteiger partial charge in [-0.05, 0) is 17.7 Å². The normalized spacial score (nSPS) is 14.2. The van der Waals surface area contributed by atoms with E-state index in [0.29, 0.717) is 5.56 Å². The third-order valence-corrected chi connectivity index (χ3v) is 2.52. The number of benzene rings is 1. The zero-order chi connectivity index (χ0) is 12.1. The Morgan fingerprint density at radius 1 is 1.44 bits per heavy atom. The van der Waals surface area contributed by atoms with Crippen LogP contribution in [0.2, 0.25) is 0 Å². The van der Waals surface area contributed by atoms with Crippen molar-refractivity contribution in [3.63, 3.8) is 0 Å². The molecule has 0 bridgehead atoms. The maximum atomic E-state index is 13.2. The SMILES string of the molecule is N#CCc1cc(C(O)C(O)CCl)ccc1F. The molecule has 86 valence electrons. The predicted molar refractivity (Wildman–Crippen MR) is 57.4 cm³/mol. The van der Waals surface area contributed by atoms with Crippen molar-refractivity contribution in [3.8, 4) is 6.07 Å². The van der Waals surface area contributed by atoms with Gasteiger partial charge in [-0.1, -0.05) is 6.07 Å². The number of hydrogen-bond donors (Lipinski definition) is 2. The molecule has 1 aromatic rings. The smallest absolute Gasteiger partial charge is 0.127 e. The van der Waals surface area contributed by atoms with Gasteiger partial charge in [-0.15, -0.1) is 11.6 Å². The first-order chi connectivity index (χ1) is 7.60. The van der Waals surface area contributed by atoms with Crippen molar-refractivity contribution in [2.75, 3.05) is 5.88 Å². The number of nitriles is 1. The molecule has 1 rings (SSSR count). The summed E-state index contributed by atoms with van der Waals surface area (Å²) in [7, 11) is 0. The van der Waals surface area contributed by atoms with Gasteiger partial charge in [0.1, 0.15) is 11.9 Å². The van der Waals surface area contributed by atoms with Gasteiger partial charge in [-0.25, -0.2) is 4.39 Å². The zero-order valence-electron chi connectivity index (χ0n) is 8.40. The lowest BCUT2D eigenvalue weighted by molar-refractivity contribution is 0.0326. The molecule has 0 aliphatic heterocycles. The molecular formula is C11H11ClFNO2. The summed E-state index contributed by atoms with van der Waals surface area (Å²) in [6, 6.07) is 5.70. The number of alkyl halides is 1. The van der Waals surface area contributed by atoms with E-state index in [-0.39, 0.29) is 17.9 Å². The van der Waals surface area contributed by atoms with Crippen LogP contribution in [-0.2, 0) is 6.42 Å². The van der Waals surface area contributed by atoms with Crippen molar-refractivity contribution in [2.24, 2.45) is 0 Å². The lowest BCUT2D eigenvalue weighted by Gasteiger charge is -2.16. The zero-order valence-corrected chi connectivity index (χ0v) is 9.15. The monoisotopic (exact) mass is 243 g/mol. The van der Waals surface area contributed by atoms with Crippen molar-refractivity contribution in [1.82, 2.24) is 0 Å². The van der Waals surface area contributed by atoms with Crippen LogP contribution in [0.3, 0.4) is 0 Å². The number of aliphatic hydroxyl groups excluding tert-OH is 2. The minimum absolute atomic E-state index is 0.0800. The van der Waals surface area contributed by atoms with Crippen LogP contribution in [0.1, 0.15) is 17.2 Å². The Hall–Kier alpha value is -1.15. The van der Waals surface area contributed by atoms with E-state index >= 15 is 0 Å². The molecule has 5 heteroatoms. The highest BCUT2D eigenvalue weighted by Gasteiger charge is 2.18. The molecule has 0 heterocycles. The number of aliphatic hydroxyl groups is 2. The fourth-order valence-corrected chi connectivity index (χ4v) is 1.47. The van der Waals surface area contributed by atoms with Gasteiger partial charge >= 0.3 is 0 Å². The average molecular weight is 244 g/mol. The molecule has 0 saturated heterocycles. The standard InChI is InChI=1S/C11H11ClFNO2/c12-6-10(15)11(16)8-1-2-9(13)7(5-8)3-4-14/h1-2,5,10-11,15-16H,3,6H2. The van der Waals surface area contributed by atoms with E-state index in [2.05, 4.69) is 0 Å². The summed E-state index contributed by atoms with van der Waals surface area (Å²) in [6.45, 7) is 0. The van der Waals surface area contributed by atoms with Gasteiger partial charge < -0.3 is 10.2 Å². The molecule has 2 unspecified atom stereocenters. The molecule has 1 aromatic carbocycles. The first-order valence-corrected chi connectivity index (χ1v) is 5.21. The summed E-state index contributed by atoms with van der Waals surface area (Å²) < 4.78 is 13.2. The summed E-state index contributed by atoms with van der Waals surface area (Å²) >= 11 is 5.39. The van der Waals surface area contributed by atoms with Crippen LogP contribution >= 0.6 is 11.6 Å². The van der Waals surface area contributed by atoms with E-state index in [1.54, 1.807) is 0 Å². The third kappa shape index (κ3) is 2.92. The Kier molecular flexibility index (Phi) is 4.69. The highest BCUT2D eigenvalue weighted by molar-refractivity contribution is 6.18. The number of hydrogen-bond acceptors (Lipinski definition) is 3. The molecule has 2 N–H and O–H groups in total. The second-order valence-corrected chi connectivity index (χ2v) is 3.66. The fraction of sp³-hybridized carbons (Fsp3) is 0.364. The van der Waals surface area contributed by atoms with Crippen molar-refractivity contribution >= 4 is 11.6 Å². The van der Waals surface area contributed by atoms with E-state index < -0.39 is 18.0 Å². The maximum absolute atomic E-state index is 13.2. The quantitative estimate of drug-likeness (QED) is 0.789. The summed E-state index contributed by atoms with van der Waals surface area (Å²) in [6.07, 6.45) is -2.36. The topological polar surface area (TPSA) is 64.2 Å². The minimum atomic E-state index is -1.17. The van der Waals surface area contributed by atoms with E-state index in [1.807, 2.05) is 6.07 Å². The molecule has 0 spiro atoms. The molecule has 2 atom stereocenters. The van der Waals surface area contributed by atoms with Crippen molar-refractivity contribution in [3.05, 3.63) is 35.1 Å². The molecule has 16 heavy (non-hydrogen) atoms. The highest BCUT2D eigenvalue weighted by Crippen LogP contribution is 2.21. The Balaban J connectivity index is 2.98. The van der Waals surface area contributed by atoms with Gasteiger partial charge in [0.25, 0.3) is 0 Å². The summed E-state index contributed by atoms with van der Waals surface area (Å²) in [5, 5.41) is 27.4. The largest absolute Gasteiger partial charge is 0.389 e. The van der Waals surface area contributed by atoms with Crippen LogP contribution in [0, 0.1) is 17.1 Å². The Labute approximate surface area is 97.7 Å². The van der Waals surface area contributed by atoms with Crippen LogP contribution in [0.5, 0.6) is 0 Å². The average Bonchev–Trinajstić information content (AvgIpc) is 2.30. The highest BCUT2D eigenvalue weighted by atomic mass is 35.5. The van der Waals surface area contributed by atoms with Gasteiger partial charge in [-0.2, -0.15) is 5.26 Å². The van der Waals surface area contributed by atoms with E-state index in [1.165, 1.54) is 12.1 Å². The van der Waals surface area contributed by atoms with Crippen molar-refractivity contribution in [1.29, 1.82) is 5.26 Å². The number of halogens is 2. The van der Waals surface area contributed by atoms with E-state index in [0.717, 1.165) is 6.07 Å². The lowest BCUT2D eigenvalue weighted by Crippen LogP contribution is -2.19. The summed E-state index contributed by atoms with van der Waals surface area (Å²) in [4.78, 5) is 0. The van der Waals surface area contributed by atoms with Crippen LogP contribution in [0.15, 0.2) is 18.2 Å². The molecule has 3 nitrogen and oxygen atoms in total. The second kappa shape index (κ2) is 5.80. The Bertz CT molecular complexity index is 405. The Morgan fingerprint density at radius 2 is 2.12 bits per heavy atom. The number of nitrogens with zero attached hydrogens (tertiary/aromatic N) is 1. The second-order valence-electron chi connectivity index (χ2n) is 3.35. The molecule has 0 aliphatic rings. The molecule has 0 aromatic heterocycles. The summed E-state index contributed by atoms with van der Waals surface area (Å²) in [5.74, 6) is -0.621. The lowest BCUT2D eigenvalue weighted by atomic mass is 10.0. The predicted octanol–water partition coefficient (Wildman–Crippen LogP) is 1.52. The van der Waals surface area contributed by atoms with Crippen molar-refractivity contribution in [2.45, 2.75) is 18.6 Å². The summed E-state index contributed by atoms with van der Waals surface area (Å²) in [5.41, 5.74) is 0.542. The van der Waals surface area contributed by atoms with Crippen LogP contribution in [-0.4, -0.2) is 22.2 Å². The number of rotatable bonds is 4. The van der Waals surface area contributed by atoms with E-state index in [4.69, 9.17) is 16.9 Å². The Morgan fingerprint density at radius 3 is 2.69 bits per heavy atom. The maximum Gasteiger partial charge on any atom is 0.127 e. The molecule has 0 fully saturated rings. The van der Waals surface area contributed by atoms with Crippen molar-refractivity contribution < 1.29 is 14.6 Å². The van der Waals surface area contributed by atoms with Gasteiger partial charge in [0.2, 0.25) is 0 Å². The molecule has 0 saturated carbocycles. The van der Waals surface area contributed by atoms with Gasteiger partial charge in [0.05, 0.1) is 24.5 Å². The van der Waals surface area contributed by atoms with E-state index in [9.17, 15) is 14.6 Å². The van der Waals surface area contributed by atoms with Crippen LogP contribution in [0.4, 0.5) is 4.39 Å². The fourth-order valence-electron chi connectivity index (χ4n) is 1.31. The van der Waals surface area contributed by atoms with Crippen LogP contribution in [0.25, 0.3) is 0 Å². The first kappa shape index (κ1) is 12.9. The van der Waals surface area contributed by atoms with Gasteiger partial charge in [0, 0.05) is 5.56 Å².